The second kappa shape index (κ2) is 10.1. The number of halogens is 1. The number of hydrogen-bond donors (Lipinski definition) is 2. The quantitative estimate of drug-likeness (QED) is 0.146. The van der Waals surface area contributed by atoms with Crippen molar-refractivity contribution in [2.45, 2.75) is 20.3 Å². The molecule has 7 nitrogen and oxygen atoms in total. The van der Waals surface area contributed by atoms with Crippen molar-refractivity contribution in [3.8, 4) is 5.75 Å². The molecule has 0 unspecified atom stereocenters. The van der Waals surface area contributed by atoms with E-state index in [4.69, 9.17) is 15.9 Å². The van der Waals surface area contributed by atoms with Crippen LogP contribution in [-0.4, -0.2) is 42.0 Å². The van der Waals surface area contributed by atoms with Crippen molar-refractivity contribution in [2.24, 2.45) is 11.1 Å². The number of nitrogens with one attached hydrogen (secondary N) is 1. The molecule has 0 fully saturated rings. The third-order valence-corrected chi connectivity index (χ3v) is 5.50. The average Bonchev–Trinajstić information content (AvgIpc) is 3.16. The second-order valence-corrected chi connectivity index (χ2v) is 8.61. The number of esters is 1. The van der Waals surface area contributed by atoms with E-state index in [2.05, 4.69) is 6.58 Å². The van der Waals surface area contributed by atoms with Gasteiger partial charge in [0.2, 0.25) is 5.91 Å². The molecule has 1 heterocycles. The molecule has 31 heavy (non-hydrogen) atoms. The number of nitrogens with zero attached hydrogens (tertiary/aromatic N) is 1. The number of amides is 1. The molecule has 0 spiro atoms. The maximum Gasteiger partial charge on any atom is 0.353 e. The van der Waals surface area contributed by atoms with Gasteiger partial charge in [0.25, 0.3) is 0 Å². The first-order chi connectivity index (χ1) is 14.6. The molecule has 0 saturated heterocycles. The van der Waals surface area contributed by atoms with Crippen molar-refractivity contribution >= 4 is 35.3 Å². The predicted molar refractivity (Wildman–Crippen MR) is 117 cm³/mol. The maximum absolute atomic E-state index is 14.1. The van der Waals surface area contributed by atoms with E-state index in [1.54, 1.807) is 32.1 Å². The van der Waals surface area contributed by atoms with E-state index in [0.717, 1.165) is 22.3 Å². The topological polar surface area (TPSA) is 114 Å². The van der Waals surface area contributed by atoms with Gasteiger partial charge in [-0.1, -0.05) is 19.9 Å². The monoisotopic (exact) mass is 445 g/mol. The lowest BCUT2D eigenvalue weighted by molar-refractivity contribution is -0.141. The van der Waals surface area contributed by atoms with E-state index >= 15 is 0 Å². The zero-order valence-corrected chi connectivity index (χ0v) is 18.1. The normalized spacial score (nSPS) is 10.9. The summed E-state index contributed by atoms with van der Waals surface area (Å²) in [4.78, 5) is 38.5. The summed E-state index contributed by atoms with van der Waals surface area (Å²) in [6, 6.07) is 6.91. The summed E-state index contributed by atoms with van der Waals surface area (Å²) in [5.74, 6) is -2.30. The average molecular weight is 446 g/mol. The summed E-state index contributed by atoms with van der Waals surface area (Å²) in [5, 5.41) is 7.31. The van der Waals surface area contributed by atoms with Crippen LogP contribution in [0.25, 0.3) is 0 Å². The predicted octanol–water partition coefficient (Wildman–Crippen LogP) is 3.17. The van der Waals surface area contributed by atoms with Crippen LogP contribution in [0.2, 0.25) is 0 Å². The highest BCUT2D eigenvalue weighted by Crippen LogP contribution is 2.29. The number of aldehydes is 1. The number of nitrogens with two attached hydrogens (primary N) is 1. The number of benzene rings is 1. The largest absolute Gasteiger partial charge is 0.419 e. The molecule has 0 bridgehead atoms. The number of thiophene rings is 1. The second-order valence-electron chi connectivity index (χ2n) is 7.44. The van der Waals surface area contributed by atoms with E-state index in [1.807, 2.05) is 0 Å². The molecule has 1 amide bonds. The number of ether oxygens (including phenoxy) is 1. The van der Waals surface area contributed by atoms with Crippen LogP contribution in [0.3, 0.4) is 0 Å². The summed E-state index contributed by atoms with van der Waals surface area (Å²) in [6.07, 6.45) is 2.57. The minimum Gasteiger partial charge on any atom is -0.419 e. The third-order valence-electron chi connectivity index (χ3n) is 4.44. The van der Waals surface area contributed by atoms with Crippen LogP contribution in [-0.2, 0) is 16.0 Å². The van der Waals surface area contributed by atoms with Crippen molar-refractivity contribution < 1.29 is 23.5 Å². The Bertz CT molecular complexity index is 1010. The SMILES string of the molecule is C=CCN(CC=O)C(=O)C(C)(C)Cc1ccc(C(=O)Oc2ccc(C(=N)N)cc2F)s1. The van der Waals surface area contributed by atoms with Crippen LogP contribution in [0.5, 0.6) is 5.75 Å². The molecule has 0 aliphatic rings. The molecule has 164 valence electrons. The fraction of sp³-hybridized carbons (Fsp3) is 0.273. The van der Waals surface area contributed by atoms with Gasteiger partial charge in [-0.15, -0.1) is 17.9 Å². The Labute approximate surface area is 183 Å². The van der Waals surface area contributed by atoms with Crippen molar-refractivity contribution in [1.82, 2.24) is 4.90 Å². The molecule has 3 N–H and O–H groups in total. The molecule has 2 aromatic rings. The van der Waals surface area contributed by atoms with Gasteiger partial charge in [0.05, 0.1) is 6.54 Å². The van der Waals surface area contributed by atoms with E-state index in [0.29, 0.717) is 12.7 Å². The van der Waals surface area contributed by atoms with Gasteiger partial charge >= 0.3 is 5.97 Å². The van der Waals surface area contributed by atoms with Crippen molar-refractivity contribution in [1.29, 1.82) is 5.41 Å². The lowest BCUT2D eigenvalue weighted by Gasteiger charge is -2.30. The number of rotatable bonds is 10. The van der Waals surface area contributed by atoms with Crippen molar-refractivity contribution in [3.63, 3.8) is 0 Å². The first kappa shape index (κ1) is 23.9. The highest BCUT2D eigenvalue weighted by atomic mass is 32.1. The lowest BCUT2D eigenvalue weighted by Crippen LogP contribution is -2.43. The maximum atomic E-state index is 14.1. The van der Waals surface area contributed by atoms with Crippen molar-refractivity contribution in [2.75, 3.05) is 13.1 Å². The third kappa shape index (κ3) is 6.08. The van der Waals surface area contributed by atoms with Crippen LogP contribution in [0.4, 0.5) is 4.39 Å². The molecule has 1 aromatic heterocycles. The first-order valence-electron chi connectivity index (χ1n) is 9.37. The van der Waals surface area contributed by atoms with E-state index in [-0.39, 0.29) is 41.0 Å². The molecular formula is C22H24FN3O4S. The number of hydrogen-bond acceptors (Lipinski definition) is 6. The first-order valence-corrected chi connectivity index (χ1v) is 10.2. The van der Waals surface area contributed by atoms with Crippen LogP contribution in [0.15, 0.2) is 43.0 Å². The fourth-order valence-electron chi connectivity index (χ4n) is 2.91. The van der Waals surface area contributed by atoms with Gasteiger partial charge in [-0.05, 0) is 36.8 Å². The Hall–Kier alpha value is -3.33. The molecule has 1 aromatic carbocycles. The van der Waals surface area contributed by atoms with Crippen LogP contribution in [0, 0.1) is 16.6 Å². The van der Waals surface area contributed by atoms with Gasteiger partial charge in [0.1, 0.15) is 17.0 Å². The van der Waals surface area contributed by atoms with E-state index in [9.17, 15) is 18.8 Å². The molecule has 2 rings (SSSR count). The van der Waals surface area contributed by atoms with Crippen LogP contribution < -0.4 is 10.5 Å². The Morgan fingerprint density at radius 2 is 2.00 bits per heavy atom. The minimum atomic E-state index is -0.813. The Balaban J connectivity index is 2.11. The zero-order chi connectivity index (χ0) is 23.2. The van der Waals surface area contributed by atoms with Gasteiger partial charge in [-0.3, -0.25) is 10.2 Å². The molecule has 0 aliphatic carbocycles. The van der Waals surface area contributed by atoms with Crippen molar-refractivity contribution in [3.05, 3.63) is 64.1 Å². The van der Waals surface area contributed by atoms with Gasteiger partial charge in [-0.2, -0.15) is 0 Å². The highest BCUT2D eigenvalue weighted by molar-refractivity contribution is 7.14. The summed E-state index contributed by atoms with van der Waals surface area (Å²) < 4.78 is 19.2. The lowest BCUT2D eigenvalue weighted by atomic mass is 9.87. The number of nitrogen functional groups attached to an aromatic ring is 1. The van der Waals surface area contributed by atoms with Gasteiger partial charge in [-0.25, -0.2) is 9.18 Å². The zero-order valence-electron chi connectivity index (χ0n) is 17.3. The fourth-order valence-corrected chi connectivity index (χ4v) is 4.02. The standard InChI is InChI=1S/C22H24FN3O4S/c1-4-9-26(10-11-27)21(29)22(2,3)13-15-6-8-18(31-15)20(28)30-17-7-5-14(19(24)25)12-16(17)23/h4-8,11-12H,1,9-10,13H2,2-3H3,(H3,24,25). The molecule has 0 radical (unpaired) electrons. The summed E-state index contributed by atoms with van der Waals surface area (Å²) in [6.45, 7) is 7.37. The Morgan fingerprint density at radius 1 is 1.29 bits per heavy atom. The molecular weight excluding hydrogens is 421 g/mol. The van der Waals surface area contributed by atoms with Crippen LogP contribution in [0.1, 0.15) is 34.0 Å². The molecule has 9 heteroatoms. The molecule has 0 atom stereocenters. The van der Waals surface area contributed by atoms with Gasteiger partial charge in [0, 0.05) is 22.4 Å². The van der Waals surface area contributed by atoms with E-state index in [1.165, 1.54) is 17.0 Å². The number of carbonyl (C=O) groups is 3. The molecule has 0 saturated carbocycles. The van der Waals surface area contributed by atoms with Crippen LogP contribution >= 0.6 is 11.3 Å². The van der Waals surface area contributed by atoms with Gasteiger partial charge in [0.15, 0.2) is 11.6 Å². The number of carbonyl (C=O) groups excluding carboxylic acids is 3. The Kier molecular flexibility index (Phi) is 7.82. The summed E-state index contributed by atoms with van der Waals surface area (Å²) in [5.41, 5.74) is 4.68. The minimum absolute atomic E-state index is 0.0235. The van der Waals surface area contributed by atoms with E-state index < -0.39 is 17.2 Å². The Morgan fingerprint density at radius 3 is 2.58 bits per heavy atom. The molecule has 0 aliphatic heterocycles. The number of amidine groups is 1. The highest BCUT2D eigenvalue weighted by Gasteiger charge is 2.32. The smallest absolute Gasteiger partial charge is 0.353 e. The summed E-state index contributed by atoms with van der Waals surface area (Å²) >= 11 is 1.15. The summed E-state index contributed by atoms with van der Waals surface area (Å²) in [7, 11) is 0. The van der Waals surface area contributed by atoms with Gasteiger partial charge < -0.3 is 20.2 Å².